The highest BCUT2D eigenvalue weighted by molar-refractivity contribution is 4.39. The molecule has 0 spiro atoms. The Labute approximate surface area is 58.0 Å². The lowest BCUT2D eigenvalue weighted by Gasteiger charge is -1.92. The van der Waals surface area contributed by atoms with Gasteiger partial charge in [-0.3, -0.25) is 0 Å². The normalized spacial score (nSPS) is 8.00. The Morgan fingerprint density at radius 1 is 1.33 bits per heavy atom. The smallest absolute Gasteiger partial charge is 0.00743 e. The first-order valence-corrected chi connectivity index (χ1v) is 3.32. The molecule has 0 fully saturated rings. The zero-order chi connectivity index (χ0) is 7.54. The summed E-state index contributed by atoms with van der Waals surface area (Å²) in [6.45, 7) is 4.77. The van der Waals surface area contributed by atoms with Gasteiger partial charge in [0.2, 0.25) is 0 Å². The molecule has 0 aliphatic carbocycles. The van der Waals surface area contributed by atoms with Crippen LogP contribution in [0.4, 0.5) is 0 Å². The van der Waals surface area contributed by atoms with E-state index in [1.807, 2.05) is 14.1 Å². The topological polar surface area (TPSA) is 50.1 Å². The van der Waals surface area contributed by atoms with E-state index in [1.54, 1.807) is 0 Å². The molecule has 0 amide bonds. The van der Waals surface area contributed by atoms with E-state index in [0.717, 1.165) is 19.6 Å². The summed E-state index contributed by atoms with van der Waals surface area (Å²) in [5.74, 6) is 0. The largest absolute Gasteiger partial charge is 0.329 e. The fraction of sp³-hybridized carbons (Fsp3) is 1.00. The minimum atomic E-state index is 0.744. The van der Waals surface area contributed by atoms with Gasteiger partial charge in [-0.1, -0.05) is 6.92 Å². The second-order valence-electron chi connectivity index (χ2n) is 1.64. The number of rotatable bonds is 3. The maximum Gasteiger partial charge on any atom is 0.00743 e. The Morgan fingerprint density at radius 2 is 1.78 bits per heavy atom. The number of nitrogens with one attached hydrogen (secondary N) is 2. The Balaban J connectivity index is 0. The average Bonchev–Trinajstić information content (AvgIpc) is 1.86. The fourth-order valence-electron chi connectivity index (χ4n) is 0.279. The summed E-state index contributed by atoms with van der Waals surface area (Å²) in [5, 5.41) is 5.82. The predicted molar refractivity (Wildman–Crippen MR) is 42.6 cm³/mol. The molecule has 0 aromatic rings. The first-order chi connectivity index (χ1) is 4.33. The lowest BCUT2D eigenvalue weighted by molar-refractivity contribution is 0.725. The highest BCUT2D eigenvalue weighted by Crippen LogP contribution is 1.48. The summed E-state index contributed by atoms with van der Waals surface area (Å²) in [6.07, 6.45) is 0. The number of hydrogen-bond acceptors (Lipinski definition) is 3. The summed E-state index contributed by atoms with van der Waals surface area (Å²) >= 11 is 0. The van der Waals surface area contributed by atoms with Crippen LogP contribution in [0.2, 0.25) is 0 Å². The molecule has 9 heavy (non-hydrogen) atoms. The monoisotopic (exact) mass is 133 g/mol. The van der Waals surface area contributed by atoms with Crippen LogP contribution in [-0.2, 0) is 0 Å². The van der Waals surface area contributed by atoms with Crippen LogP contribution < -0.4 is 16.4 Å². The Kier molecular flexibility index (Phi) is 20.3. The molecule has 0 aromatic carbocycles. The van der Waals surface area contributed by atoms with Crippen molar-refractivity contribution >= 4 is 0 Å². The summed E-state index contributed by atoms with van der Waals surface area (Å²) in [5.41, 5.74) is 5.15. The van der Waals surface area contributed by atoms with Gasteiger partial charge in [0, 0.05) is 13.1 Å². The highest BCUT2D eigenvalue weighted by Gasteiger charge is 1.71. The molecular formula is C6H19N3. The van der Waals surface area contributed by atoms with E-state index in [1.165, 1.54) is 0 Å². The number of nitrogens with two attached hydrogens (primary N) is 1. The van der Waals surface area contributed by atoms with Crippen molar-refractivity contribution in [1.29, 1.82) is 0 Å². The zero-order valence-corrected chi connectivity index (χ0v) is 6.70. The third-order valence-electron chi connectivity index (χ3n) is 0.571. The molecule has 3 nitrogen and oxygen atoms in total. The first kappa shape index (κ1) is 11.6. The molecule has 4 N–H and O–H groups in total. The standard InChI is InChI=1S/C4H12N2.C2H7N/c1-2-6-4-3-5;1-3-2/h6H,2-5H2,1H3;3H,1-2H3. The molecule has 0 heterocycles. The van der Waals surface area contributed by atoms with Gasteiger partial charge >= 0.3 is 0 Å². The van der Waals surface area contributed by atoms with Crippen molar-refractivity contribution in [2.75, 3.05) is 33.7 Å². The van der Waals surface area contributed by atoms with Gasteiger partial charge in [0.05, 0.1) is 0 Å². The van der Waals surface area contributed by atoms with E-state index in [0.29, 0.717) is 0 Å². The van der Waals surface area contributed by atoms with Crippen molar-refractivity contribution in [2.24, 2.45) is 5.73 Å². The summed E-state index contributed by atoms with van der Waals surface area (Å²) in [4.78, 5) is 0. The van der Waals surface area contributed by atoms with Gasteiger partial charge in [-0.2, -0.15) is 0 Å². The maximum atomic E-state index is 5.15. The van der Waals surface area contributed by atoms with Crippen LogP contribution in [0, 0.1) is 0 Å². The predicted octanol–water partition coefficient (Wildman–Crippen LogP) is -0.610. The van der Waals surface area contributed by atoms with Crippen LogP contribution in [0.25, 0.3) is 0 Å². The van der Waals surface area contributed by atoms with Gasteiger partial charge in [-0.25, -0.2) is 0 Å². The maximum absolute atomic E-state index is 5.15. The third-order valence-corrected chi connectivity index (χ3v) is 0.571. The molecule has 0 radical (unpaired) electrons. The van der Waals surface area contributed by atoms with Crippen LogP contribution in [0.1, 0.15) is 6.92 Å². The molecule has 3 heteroatoms. The zero-order valence-electron chi connectivity index (χ0n) is 6.70. The van der Waals surface area contributed by atoms with E-state index < -0.39 is 0 Å². The van der Waals surface area contributed by atoms with Gasteiger partial charge in [-0.05, 0) is 20.6 Å². The van der Waals surface area contributed by atoms with Crippen molar-refractivity contribution in [3.05, 3.63) is 0 Å². The van der Waals surface area contributed by atoms with E-state index in [9.17, 15) is 0 Å². The van der Waals surface area contributed by atoms with Crippen LogP contribution in [0.5, 0.6) is 0 Å². The van der Waals surface area contributed by atoms with Crippen molar-refractivity contribution in [2.45, 2.75) is 6.92 Å². The van der Waals surface area contributed by atoms with Gasteiger partial charge in [-0.15, -0.1) is 0 Å². The Morgan fingerprint density at radius 3 is 1.89 bits per heavy atom. The molecule has 0 unspecified atom stereocenters. The van der Waals surface area contributed by atoms with E-state index in [2.05, 4.69) is 17.6 Å². The molecule has 0 aromatic heterocycles. The van der Waals surface area contributed by atoms with Crippen LogP contribution >= 0.6 is 0 Å². The minimum Gasteiger partial charge on any atom is -0.329 e. The minimum absolute atomic E-state index is 0.744. The highest BCUT2D eigenvalue weighted by atomic mass is 14.9. The van der Waals surface area contributed by atoms with E-state index in [-0.39, 0.29) is 0 Å². The lowest BCUT2D eigenvalue weighted by atomic mass is 10.6. The Hall–Kier alpha value is -0.120. The van der Waals surface area contributed by atoms with Gasteiger partial charge in [0.25, 0.3) is 0 Å². The third kappa shape index (κ3) is 32.8. The van der Waals surface area contributed by atoms with Gasteiger partial charge in [0.15, 0.2) is 0 Å². The molecular weight excluding hydrogens is 114 g/mol. The SMILES string of the molecule is CCNCCN.CNC. The lowest BCUT2D eigenvalue weighted by Crippen LogP contribution is -2.21. The van der Waals surface area contributed by atoms with Gasteiger partial charge in [0.1, 0.15) is 0 Å². The second kappa shape index (κ2) is 15.7. The van der Waals surface area contributed by atoms with E-state index in [4.69, 9.17) is 5.73 Å². The molecule has 0 saturated carbocycles. The van der Waals surface area contributed by atoms with Crippen LogP contribution in [-0.4, -0.2) is 33.7 Å². The summed E-state index contributed by atoms with van der Waals surface area (Å²) in [7, 11) is 3.75. The second-order valence-corrected chi connectivity index (χ2v) is 1.64. The molecule has 0 aliphatic heterocycles. The van der Waals surface area contributed by atoms with E-state index >= 15 is 0 Å². The molecule has 0 atom stereocenters. The molecule has 0 aliphatic rings. The first-order valence-electron chi connectivity index (χ1n) is 3.32. The van der Waals surface area contributed by atoms with Gasteiger partial charge < -0.3 is 16.4 Å². The van der Waals surface area contributed by atoms with Crippen LogP contribution in [0.3, 0.4) is 0 Å². The average molecular weight is 133 g/mol. The summed E-state index contributed by atoms with van der Waals surface area (Å²) < 4.78 is 0. The molecule has 0 bridgehead atoms. The molecule has 0 rings (SSSR count). The Bertz CT molecular complexity index is 27.5. The molecule has 58 valence electrons. The van der Waals surface area contributed by atoms with Crippen molar-refractivity contribution in [3.8, 4) is 0 Å². The molecule has 0 saturated heterocycles. The van der Waals surface area contributed by atoms with Crippen molar-refractivity contribution in [1.82, 2.24) is 10.6 Å². The van der Waals surface area contributed by atoms with Crippen molar-refractivity contribution in [3.63, 3.8) is 0 Å². The number of likely N-dealkylation sites (N-methyl/N-ethyl adjacent to an activating group) is 1. The quantitative estimate of drug-likeness (QED) is 0.450. The van der Waals surface area contributed by atoms with Crippen molar-refractivity contribution < 1.29 is 0 Å². The summed E-state index contributed by atoms with van der Waals surface area (Å²) in [6, 6.07) is 0. The fourth-order valence-corrected chi connectivity index (χ4v) is 0.279. The van der Waals surface area contributed by atoms with Crippen LogP contribution in [0.15, 0.2) is 0 Å². The number of hydrogen-bond donors (Lipinski definition) is 3.